The first-order valence-electron chi connectivity index (χ1n) is 6.14. The highest BCUT2D eigenvalue weighted by Gasteiger charge is 2.16. The van der Waals surface area contributed by atoms with E-state index in [1.54, 1.807) is 36.4 Å². The Bertz CT molecular complexity index is 773. The summed E-state index contributed by atoms with van der Waals surface area (Å²) in [5, 5.41) is 22.9. The maximum Gasteiger partial charge on any atom is 0.280 e. The molecule has 2 rings (SSSR count). The Morgan fingerprint density at radius 3 is 2.91 bits per heavy atom. The molecule has 8 heteroatoms. The van der Waals surface area contributed by atoms with Crippen LogP contribution in [0.1, 0.15) is 12.2 Å². The van der Waals surface area contributed by atoms with E-state index >= 15 is 0 Å². The Kier molecular flexibility index (Phi) is 4.62. The quantitative estimate of drug-likeness (QED) is 0.515. The van der Waals surface area contributed by atoms with Gasteiger partial charge in [0.2, 0.25) is 0 Å². The summed E-state index contributed by atoms with van der Waals surface area (Å²) in [7, 11) is 0. The molecule has 0 saturated heterocycles. The van der Waals surface area contributed by atoms with Gasteiger partial charge in [0.25, 0.3) is 11.6 Å². The number of carbonyl (C=O) groups excluding carboxylic acids is 1. The topological polar surface area (TPSA) is 122 Å². The lowest BCUT2D eigenvalue weighted by Gasteiger charge is -1.98. The predicted octanol–water partition coefficient (Wildman–Crippen LogP) is 2.22. The molecular formula is C14H10N4O4. The molecule has 22 heavy (non-hydrogen) atoms. The van der Waals surface area contributed by atoms with Crippen molar-refractivity contribution < 1.29 is 14.1 Å². The molecule has 0 atom stereocenters. The lowest BCUT2D eigenvalue weighted by Crippen LogP contribution is -2.15. The molecule has 110 valence electrons. The van der Waals surface area contributed by atoms with Crippen molar-refractivity contribution in [1.82, 2.24) is 5.43 Å². The number of hydrogen-bond acceptors (Lipinski definition) is 6. The standard InChI is InChI=1S/C14H10N4O4/c15-8-7-14(19)17-16-9-10-5-6-13(22-10)11-3-1-2-4-12(11)18(20)21/h1-6,9H,7H2,(H,17,19)/b16-9-. The van der Waals surface area contributed by atoms with Crippen molar-refractivity contribution in [2.45, 2.75) is 6.42 Å². The van der Waals surface area contributed by atoms with Crippen LogP contribution in [0.25, 0.3) is 11.3 Å². The minimum atomic E-state index is -0.538. The molecule has 0 radical (unpaired) electrons. The summed E-state index contributed by atoms with van der Waals surface area (Å²) in [6, 6.07) is 11.0. The number of nitro groups is 1. The molecule has 8 nitrogen and oxygen atoms in total. The zero-order valence-corrected chi connectivity index (χ0v) is 11.2. The minimum Gasteiger partial charge on any atom is -0.455 e. The molecule has 0 bridgehead atoms. The zero-order chi connectivity index (χ0) is 15.9. The molecule has 1 aromatic carbocycles. The van der Waals surface area contributed by atoms with E-state index in [0.29, 0.717) is 17.1 Å². The number of carbonyl (C=O) groups is 1. The van der Waals surface area contributed by atoms with Crippen molar-refractivity contribution in [2.75, 3.05) is 0 Å². The number of amides is 1. The highest BCUT2D eigenvalue weighted by molar-refractivity contribution is 5.82. The lowest BCUT2D eigenvalue weighted by atomic mass is 10.1. The molecule has 0 aliphatic carbocycles. The van der Waals surface area contributed by atoms with E-state index in [-0.39, 0.29) is 12.1 Å². The van der Waals surface area contributed by atoms with Crippen molar-refractivity contribution in [3.8, 4) is 17.4 Å². The van der Waals surface area contributed by atoms with Gasteiger partial charge in [-0.05, 0) is 18.2 Å². The fraction of sp³-hybridized carbons (Fsp3) is 0.0714. The number of nitro benzene ring substituents is 1. The van der Waals surface area contributed by atoms with Gasteiger partial charge in [0.15, 0.2) is 0 Å². The van der Waals surface area contributed by atoms with Crippen molar-refractivity contribution in [2.24, 2.45) is 5.10 Å². The summed E-state index contributed by atoms with van der Waals surface area (Å²) in [6.45, 7) is 0. The number of nitriles is 1. The van der Waals surface area contributed by atoms with Gasteiger partial charge in [0.05, 0.1) is 22.8 Å². The second kappa shape index (κ2) is 6.81. The van der Waals surface area contributed by atoms with Gasteiger partial charge in [0.1, 0.15) is 17.9 Å². The Morgan fingerprint density at radius 2 is 2.18 bits per heavy atom. The summed E-state index contributed by atoms with van der Waals surface area (Å²) in [6.07, 6.45) is 0.949. The van der Waals surface area contributed by atoms with E-state index in [4.69, 9.17) is 9.68 Å². The molecular weight excluding hydrogens is 288 g/mol. The fourth-order valence-electron chi connectivity index (χ4n) is 1.69. The van der Waals surface area contributed by atoms with Gasteiger partial charge in [0, 0.05) is 6.07 Å². The summed E-state index contributed by atoms with van der Waals surface area (Å²) >= 11 is 0. The normalized spacial score (nSPS) is 10.3. The van der Waals surface area contributed by atoms with Gasteiger partial charge >= 0.3 is 0 Å². The van der Waals surface area contributed by atoms with Crippen LogP contribution in [0.5, 0.6) is 0 Å². The molecule has 2 aromatic rings. The van der Waals surface area contributed by atoms with Crippen LogP contribution in [-0.4, -0.2) is 17.0 Å². The van der Waals surface area contributed by atoms with E-state index in [2.05, 4.69) is 10.5 Å². The molecule has 0 fully saturated rings. The van der Waals surface area contributed by atoms with E-state index in [1.807, 2.05) is 0 Å². The summed E-state index contributed by atoms with van der Waals surface area (Å²) in [5.74, 6) is 0.0896. The van der Waals surface area contributed by atoms with Crippen LogP contribution in [0.3, 0.4) is 0 Å². The Labute approximate surface area is 124 Å². The summed E-state index contributed by atoms with van der Waals surface area (Å²) < 4.78 is 5.43. The fourth-order valence-corrected chi connectivity index (χ4v) is 1.69. The van der Waals surface area contributed by atoms with Crippen LogP contribution < -0.4 is 5.43 Å². The number of benzene rings is 1. The van der Waals surface area contributed by atoms with Crippen molar-refractivity contribution >= 4 is 17.8 Å². The lowest BCUT2D eigenvalue weighted by molar-refractivity contribution is -0.384. The molecule has 1 heterocycles. The second-order valence-corrected chi connectivity index (χ2v) is 4.10. The van der Waals surface area contributed by atoms with Crippen molar-refractivity contribution in [3.63, 3.8) is 0 Å². The van der Waals surface area contributed by atoms with Crippen LogP contribution in [-0.2, 0) is 4.79 Å². The van der Waals surface area contributed by atoms with Crippen LogP contribution in [0.2, 0.25) is 0 Å². The number of nitrogens with one attached hydrogen (secondary N) is 1. The SMILES string of the molecule is N#CCC(=O)N/N=C\c1ccc(-c2ccccc2[N+](=O)[O-])o1. The van der Waals surface area contributed by atoms with E-state index in [1.165, 1.54) is 12.3 Å². The van der Waals surface area contributed by atoms with Gasteiger partial charge in [-0.2, -0.15) is 10.4 Å². The number of para-hydroxylation sites is 1. The molecule has 1 N–H and O–H groups in total. The molecule has 0 aliphatic rings. The zero-order valence-electron chi connectivity index (χ0n) is 11.2. The highest BCUT2D eigenvalue weighted by atomic mass is 16.6. The maximum absolute atomic E-state index is 11.0. The van der Waals surface area contributed by atoms with Gasteiger partial charge in [-0.25, -0.2) is 5.43 Å². The first-order chi connectivity index (χ1) is 10.6. The molecule has 0 unspecified atom stereocenters. The largest absolute Gasteiger partial charge is 0.455 e. The first-order valence-corrected chi connectivity index (χ1v) is 6.14. The number of hydrazone groups is 1. The average molecular weight is 298 g/mol. The molecule has 0 spiro atoms. The van der Waals surface area contributed by atoms with Gasteiger partial charge in [-0.1, -0.05) is 12.1 Å². The second-order valence-electron chi connectivity index (χ2n) is 4.10. The van der Waals surface area contributed by atoms with Gasteiger partial charge < -0.3 is 4.42 Å². The highest BCUT2D eigenvalue weighted by Crippen LogP contribution is 2.30. The third-order valence-corrected chi connectivity index (χ3v) is 2.61. The number of rotatable bonds is 5. The van der Waals surface area contributed by atoms with Crippen molar-refractivity contribution in [3.05, 3.63) is 52.3 Å². The van der Waals surface area contributed by atoms with Crippen LogP contribution in [0.15, 0.2) is 45.9 Å². The van der Waals surface area contributed by atoms with E-state index < -0.39 is 10.8 Å². The Balaban J connectivity index is 2.16. The summed E-state index contributed by atoms with van der Waals surface area (Å²) in [5.41, 5.74) is 2.43. The number of furan rings is 1. The van der Waals surface area contributed by atoms with Crippen LogP contribution in [0, 0.1) is 21.4 Å². The Morgan fingerprint density at radius 1 is 1.41 bits per heavy atom. The van der Waals surface area contributed by atoms with E-state index in [9.17, 15) is 14.9 Å². The molecule has 1 aromatic heterocycles. The Hall–Kier alpha value is -3.47. The number of hydrogen-bond donors (Lipinski definition) is 1. The van der Waals surface area contributed by atoms with Gasteiger partial charge in [-0.3, -0.25) is 14.9 Å². The predicted molar refractivity (Wildman–Crippen MR) is 76.8 cm³/mol. The van der Waals surface area contributed by atoms with Crippen LogP contribution >= 0.6 is 0 Å². The average Bonchev–Trinajstić information content (AvgIpc) is 2.96. The maximum atomic E-state index is 11.0. The van der Waals surface area contributed by atoms with Gasteiger partial charge in [-0.15, -0.1) is 0 Å². The number of nitrogens with zero attached hydrogens (tertiary/aromatic N) is 3. The third kappa shape index (κ3) is 3.55. The molecule has 0 saturated carbocycles. The van der Waals surface area contributed by atoms with E-state index in [0.717, 1.165) is 0 Å². The monoisotopic (exact) mass is 298 g/mol. The molecule has 0 aliphatic heterocycles. The molecule has 1 amide bonds. The summed E-state index contributed by atoms with van der Waals surface area (Å²) in [4.78, 5) is 21.5. The smallest absolute Gasteiger partial charge is 0.280 e. The van der Waals surface area contributed by atoms with Crippen molar-refractivity contribution in [1.29, 1.82) is 5.26 Å². The third-order valence-electron chi connectivity index (χ3n) is 2.61. The first kappa shape index (κ1) is 14.9. The minimum absolute atomic E-state index is 0.0670. The van der Waals surface area contributed by atoms with Crippen LogP contribution in [0.4, 0.5) is 5.69 Å².